The molecule has 0 spiro atoms. The van der Waals surface area contributed by atoms with Crippen molar-refractivity contribution in [1.29, 1.82) is 0 Å². The molecule has 158 valence electrons. The van der Waals surface area contributed by atoms with Gasteiger partial charge in [0.1, 0.15) is 12.1 Å². The number of rotatable bonds is 5. The second kappa shape index (κ2) is 8.60. The Kier molecular flexibility index (Phi) is 5.73. The van der Waals surface area contributed by atoms with Crippen molar-refractivity contribution in [1.82, 2.24) is 19.7 Å². The van der Waals surface area contributed by atoms with Crippen LogP contribution in [0.1, 0.15) is 31.2 Å². The standard InChI is InChI=1S/C20H23FN6O3/c1-26-12-22-20(24-26)23-18(28)10-13-6-8-27(9-7-13)19(29)17-11-16(25-30-17)14-4-2-3-5-15(14)21/h2-5,12-13,17H,6-11H2,1H3,(H,23,24,28). The number of carbonyl (C=O) groups excluding carboxylic acids is 2. The second-order valence-electron chi connectivity index (χ2n) is 7.58. The number of carbonyl (C=O) groups is 2. The third-order valence-electron chi connectivity index (χ3n) is 5.38. The third kappa shape index (κ3) is 4.47. The van der Waals surface area contributed by atoms with Gasteiger partial charge >= 0.3 is 0 Å². The molecule has 0 saturated carbocycles. The van der Waals surface area contributed by atoms with E-state index < -0.39 is 6.10 Å². The first-order valence-electron chi connectivity index (χ1n) is 9.91. The summed E-state index contributed by atoms with van der Waals surface area (Å²) in [6.07, 6.45) is 2.85. The van der Waals surface area contributed by atoms with Crippen molar-refractivity contribution in [3.63, 3.8) is 0 Å². The first-order valence-corrected chi connectivity index (χ1v) is 9.91. The maximum absolute atomic E-state index is 13.9. The summed E-state index contributed by atoms with van der Waals surface area (Å²) in [6.45, 7) is 1.10. The van der Waals surface area contributed by atoms with E-state index >= 15 is 0 Å². The summed E-state index contributed by atoms with van der Waals surface area (Å²) >= 11 is 0. The molecule has 1 unspecified atom stereocenters. The summed E-state index contributed by atoms with van der Waals surface area (Å²) < 4.78 is 15.5. The minimum absolute atomic E-state index is 0.131. The average molecular weight is 414 g/mol. The van der Waals surface area contributed by atoms with Crippen molar-refractivity contribution in [3.05, 3.63) is 42.0 Å². The van der Waals surface area contributed by atoms with E-state index in [-0.39, 0.29) is 30.0 Å². The molecular weight excluding hydrogens is 391 g/mol. The zero-order chi connectivity index (χ0) is 21.1. The third-order valence-corrected chi connectivity index (χ3v) is 5.38. The number of oxime groups is 1. The molecule has 0 radical (unpaired) electrons. The van der Waals surface area contributed by atoms with Crippen molar-refractivity contribution >= 4 is 23.5 Å². The molecule has 2 amide bonds. The topological polar surface area (TPSA) is 102 Å². The molecule has 30 heavy (non-hydrogen) atoms. The van der Waals surface area contributed by atoms with Gasteiger partial charge in [-0.05, 0) is 24.8 Å². The molecule has 0 aliphatic carbocycles. The highest BCUT2D eigenvalue weighted by Crippen LogP contribution is 2.25. The van der Waals surface area contributed by atoms with Crippen molar-refractivity contribution in [2.45, 2.75) is 31.8 Å². The van der Waals surface area contributed by atoms with Crippen molar-refractivity contribution in [3.8, 4) is 0 Å². The van der Waals surface area contributed by atoms with E-state index in [2.05, 4.69) is 20.6 Å². The number of likely N-dealkylation sites (tertiary alicyclic amines) is 1. The van der Waals surface area contributed by atoms with Gasteiger partial charge in [-0.2, -0.15) is 0 Å². The van der Waals surface area contributed by atoms with Crippen molar-refractivity contribution in [2.75, 3.05) is 18.4 Å². The van der Waals surface area contributed by atoms with Gasteiger partial charge in [0.05, 0.1) is 5.71 Å². The Bertz CT molecular complexity index is 967. The maximum Gasteiger partial charge on any atom is 0.266 e. The number of nitrogens with zero attached hydrogens (tertiary/aromatic N) is 5. The van der Waals surface area contributed by atoms with Crippen LogP contribution in [-0.4, -0.2) is 56.4 Å². The first kappa shape index (κ1) is 20.0. The molecule has 2 aromatic rings. The number of aromatic nitrogens is 3. The summed E-state index contributed by atoms with van der Waals surface area (Å²) in [5.74, 6) is -0.182. The van der Waals surface area contributed by atoms with Gasteiger partial charge in [0, 0.05) is 38.5 Å². The number of anilines is 1. The molecule has 10 heteroatoms. The summed E-state index contributed by atoms with van der Waals surface area (Å²) in [4.78, 5) is 36.0. The Labute approximate surface area is 172 Å². The van der Waals surface area contributed by atoms with Gasteiger partial charge in [0.2, 0.25) is 18.0 Å². The number of benzene rings is 1. The van der Waals surface area contributed by atoms with E-state index in [0.29, 0.717) is 36.7 Å². The van der Waals surface area contributed by atoms with Crippen molar-refractivity contribution in [2.24, 2.45) is 18.1 Å². The smallest absolute Gasteiger partial charge is 0.266 e. The quantitative estimate of drug-likeness (QED) is 0.803. The zero-order valence-corrected chi connectivity index (χ0v) is 16.6. The number of piperidine rings is 1. The molecule has 3 heterocycles. The number of hydrogen-bond acceptors (Lipinski definition) is 6. The van der Waals surface area contributed by atoms with Gasteiger partial charge < -0.3 is 9.74 Å². The Morgan fingerprint density at radius 2 is 2.03 bits per heavy atom. The fourth-order valence-corrected chi connectivity index (χ4v) is 3.76. The van der Waals surface area contributed by atoms with Crippen LogP contribution in [0.4, 0.5) is 10.3 Å². The lowest BCUT2D eigenvalue weighted by Gasteiger charge is -2.32. The van der Waals surface area contributed by atoms with E-state index in [0.717, 1.165) is 12.8 Å². The van der Waals surface area contributed by atoms with Crippen LogP contribution in [0.2, 0.25) is 0 Å². The van der Waals surface area contributed by atoms with Crippen LogP contribution in [0.3, 0.4) is 0 Å². The fourth-order valence-electron chi connectivity index (χ4n) is 3.76. The number of halogens is 1. The number of nitrogens with one attached hydrogen (secondary N) is 1. The van der Waals surface area contributed by atoms with Crippen LogP contribution in [0.5, 0.6) is 0 Å². The zero-order valence-electron chi connectivity index (χ0n) is 16.6. The van der Waals surface area contributed by atoms with Crippen LogP contribution < -0.4 is 5.32 Å². The Balaban J connectivity index is 1.24. The van der Waals surface area contributed by atoms with Crippen LogP contribution in [0.25, 0.3) is 0 Å². The van der Waals surface area contributed by atoms with Crippen LogP contribution in [0, 0.1) is 11.7 Å². The summed E-state index contributed by atoms with van der Waals surface area (Å²) in [5.41, 5.74) is 0.807. The molecule has 1 aromatic heterocycles. The highest BCUT2D eigenvalue weighted by molar-refractivity contribution is 6.04. The molecule has 1 saturated heterocycles. The Hall–Kier alpha value is -3.30. The lowest BCUT2D eigenvalue weighted by atomic mass is 9.92. The van der Waals surface area contributed by atoms with Gasteiger partial charge in [-0.3, -0.25) is 19.6 Å². The number of aryl methyl sites for hydroxylation is 1. The van der Waals surface area contributed by atoms with E-state index in [1.54, 1.807) is 30.1 Å². The normalized spacial score (nSPS) is 19.3. The predicted octanol–water partition coefficient (Wildman–Crippen LogP) is 1.71. The Morgan fingerprint density at radius 3 is 2.73 bits per heavy atom. The summed E-state index contributed by atoms with van der Waals surface area (Å²) in [7, 11) is 1.73. The molecule has 0 bridgehead atoms. The fraction of sp³-hybridized carbons (Fsp3) is 0.450. The SMILES string of the molecule is Cn1cnc(NC(=O)CC2CCN(C(=O)C3CC(c4ccccc4F)=NO3)CC2)n1. The van der Waals surface area contributed by atoms with Gasteiger partial charge in [-0.1, -0.05) is 23.4 Å². The highest BCUT2D eigenvalue weighted by Gasteiger charge is 2.35. The molecule has 2 aliphatic heterocycles. The maximum atomic E-state index is 13.9. The van der Waals surface area contributed by atoms with E-state index in [1.165, 1.54) is 17.1 Å². The summed E-state index contributed by atoms with van der Waals surface area (Å²) in [6, 6.07) is 6.31. The second-order valence-corrected chi connectivity index (χ2v) is 7.58. The highest BCUT2D eigenvalue weighted by atomic mass is 19.1. The molecule has 1 atom stereocenters. The monoisotopic (exact) mass is 414 g/mol. The lowest BCUT2D eigenvalue weighted by Crippen LogP contribution is -2.44. The van der Waals surface area contributed by atoms with E-state index in [9.17, 15) is 14.0 Å². The minimum Gasteiger partial charge on any atom is -0.382 e. The van der Waals surface area contributed by atoms with Crippen molar-refractivity contribution < 1.29 is 18.8 Å². The molecule has 1 N–H and O–H groups in total. The average Bonchev–Trinajstić information content (AvgIpc) is 3.37. The molecule has 9 nitrogen and oxygen atoms in total. The van der Waals surface area contributed by atoms with Gasteiger partial charge in [0.25, 0.3) is 5.91 Å². The molecular formula is C20H23FN6O3. The van der Waals surface area contributed by atoms with E-state index in [1.807, 2.05) is 0 Å². The number of hydrogen-bond donors (Lipinski definition) is 1. The molecule has 1 fully saturated rings. The lowest BCUT2D eigenvalue weighted by molar-refractivity contribution is -0.143. The van der Waals surface area contributed by atoms with Crippen LogP contribution >= 0.6 is 0 Å². The molecule has 2 aliphatic rings. The van der Waals surface area contributed by atoms with Crippen LogP contribution in [-0.2, 0) is 21.5 Å². The van der Waals surface area contributed by atoms with Crippen LogP contribution in [0.15, 0.2) is 35.7 Å². The van der Waals surface area contributed by atoms with Gasteiger partial charge in [-0.25, -0.2) is 9.37 Å². The minimum atomic E-state index is -0.727. The van der Waals surface area contributed by atoms with Gasteiger partial charge in [0.15, 0.2) is 0 Å². The predicted molar refractivity (Wildman–Crippen MR) is 106 cm³/mol. The molecule has 4 rings (SSSR count). The Morgan fingerprint density at radius 1 is 1.27 bits per heavy atom. The largest absolute Gasteiger partial charge is 0.382 e. The number of amides is 2. The molecule has 1 aromatic carbocycles. The summed E-state index contributed by atoms with van der Waals surface area (Å²) in [5, 5.41) is 10.6. The first-order chi connectivity index (χ1) is 14.5. The van der Waals surface area contributed by atoms with E-state index in [4.69, 9.17) is 4.84 Å². The van der Waals surface area contributed by atoms with Gasteiger partial charge in [-0.15, -0.1) is 5.10 Å².